The van der Waals surface area contributed by atoms with Crippen molar-refractivity contribution < 1.29 is 14.3 Å². The summed E-state index contributed by atoms with van der Waals surface area (Å²) in [4.78, 5) is 28.1. The quantitative estimate of drug-likeness (QED) is 0.666. The molecule has 0 saturated carbocycles. The highest BCUT2D eigenvalue weighted by Crippen LogP contribution is 2.10. The Kier molecular flexibility index (Phi) is 4.73. The summed E-state index contributed by atoms with van der Waals surface area (Å²) in [5, 5.41) is 2.60. The lowest BCUT2D eigenvalue weighted by Crippen LogP contribution is -2.30. The maximum Gasteiger partial charge on any atom is 0.338 e. The second kappa shape index (κ2) is 6.71. The van der Waals surface area contributed by atoms with Crippen LogP contribution in [0.25, 0.3) is 0 Å². The maximum absolute atomic E-state index is 12.0. The fourth-order valence-corrected chi connectivity index (χ4v) is 1.79. The fraction of sp³-hybridized carbons (Fsp3) is 0.188. The Morgan fingerprint density at radius 3 is 2.64 bits per heavy atom. The molecule has 0 bridgehead atoms. The first-order chi connectivity index (χ1) is 10.5. The summed E-state index contributed by atoms with van der Waals surface area (Å²) in [6.07, 6.45) is -0.948. The van der Waals surface area contributed by atoms with E-state index in [0.29, 0.717) is 17.1 Å². The van der Waals surface area contributed by atoms with Crippen molar-refractivity contribution in [1.29, 1.82) is 0 Å². The van der Waals surface area contributed by atoms with Crippen molar-refractivity contribution >= 4 is 23.4 Å². The van der Waals surface area contributed by atoms with Crippen molar-refractivity contribution in [2.75, 3.05) is 11.1 Å². The van der Waals surface area contributed by atoms with Gasteiger partial charge >= 0.3 is 5.97 Å². The van der Waals surface area contributed by atoms with Gasteiger partial charge in [-0.15, -0.1) is 0 Å². The molecule has 1 atom stereocenters. The normalized spacial score (nSPS) is 11.5. The number of ether oxygens (including phenoxy) is 1. The number of nitrogens with one attached hydrogen (secondary N) is 1. The number of hydrogen-bond acceptors (Lipinski definition) is 5. The minimum atomic E-state index is -0.948. The number of amides is 1. The Hall–Kier alpha value is -2.89. The molecule has 6 nitrogen and oxygen atoms in total. The summed E-state index contributed by atoms with van der Waals surface area (Å²) in [6.45, 7) is 3.31. The van der Waals surface area contributed by atoms with E-state index in [4.69, 9.17) is 10.5 Å². The molecule has 2 rings (SSSR count). The molecule has 0 aliphatic carbocycles. The van der Waals surface area contributed by atoms with Gasteiger partial charge in [0, 0.05) is 11.4 Å². The molecule has 0 spiro atoms. The van der Waals surface area contributed by atoms with E-state index < -0.39 is 18.0 Å². The number of benzene rings is 1. The van der Waals surface area contributed by atoms with E-state index in [2.05, 4.69) is 10.3 Å². The lowest BCUT2D eigenvalue weighted by molar-refractivity contribution is -0.123. The molecule has 0 aliphatic heterocycles. The first-order valence-corrected chi connectivity index (χ1v) is 6.77. The van der Waals surface area contributed by atoms with Gasteiger partial charge < -0.3 is 15.8 Å². The molecule has 2 aromatic rings. The number of aryl methyl sites for hydroxylation is 1. The molecule has 1 unspecified atom stereocenters. The summed E-state index contributed by atoms with van der Waals surface area (Å²) < 4.78 is 5.12. The highest BCUT2D eigenvalue weighted by atomic mass is 16.5. The Balaban J connectivity index is 1.98. The first-order valence-electron chi connectivity index (χ1n) is 6.77. The number of esters is 1. The third kappa shape index (κ3) is 4.05. The minimum absolute atomic E-state index is 0.299. The summed E-state index contributed by atoms with van der Waals surface area (Å²) in [5.41, 5.74) is 7.14. The number of nitrogens with two attached hydrogens (primary N) is 1. The van der Waals surface area contributed by atoms with Gasteiger partial charge in [-0.1, -0.05) is 12.1 Å². The number of nitrogens with zero attached hydrogens (tertiary/aromatic N) is 1. The summed E-state index contributed by atoms with van der Waals surface area (Å²) in [7, 11) is 0. The SMILES string of the molecule is Cc1cccc(NC(=O)C(C)OC(=O)c2cccc(N)c2)n1. The molecular formula is C16H17N3O3. The van der Waals surface area contributed by atoms with Crippen LogP contribution in [0.4, 0.5) is 11.5 Å². The Morgan fingerprint density at radius 1 is 1.23 bits per heavy atom. The van der Waals surface area contributed by atoms with Crippen LogP contribution < -0.4 is 11.1 Å². The predicted molar refractivity (Wildman–Crippen MR) is 83.3 cm³/mol. The van der Waals surface area contributed by atoms with Gasteiger partial charge in [-0.05, 0) is 44.2 Å². The van der Waals surface area contributed by atoms with Gasteiger partial charge in [0.25, 0.3) is 5.91 Å². The van der Waals surface area contributed by atoms with Gasteiger partial charge in [-0.2, -0.15) is 0 Å². The van der Waals surface area contributed by atoms with E-state index >= 15 is 0 Å². The molecule has 22 heavy (non-hydrogen) atoms. The van der Waals surface area contributed by atoms with E-state index in [9.17, 15) is 9.59 Å². The maximum atomic E-state index is 12.0. The van der Waals surface area contributed by atoms with Gasteiger partial charge in [0.05, 0.1) is 5.56 Å². The number of hydrogen-bond donors (Lipinski definition) is 2. The summed E-state index contributed by atoms with van der Waals surface area (Å²) >= 11 is 0. The van der Waals surface area contributed by atoms with Crippen molar-refractivity contribution in [3.8, 4) is 0 Å². The second-order valence-electron chi connectivity index (χ2n) is 4.83. The van der Waals surface area contributed by atoms with Crippen molar-refractivity contribution in [2.24, 2.45) is 0 Å². The van der Waals surface area contributed by atoms with E-state index in [0.717, 1.165) is 5.69 Å². The summed E-state index contributed by atoms with van der Waals surface area (Å²) in [5.74, 6) is -0.639. The van der Waals surface area contributed by atoms with Crippen LogP contribution in [0.5, 0.6) is 0 Å². The molecule has 3 N–H and O–H groups in total. The Labute approximate surface area is 128 Å². The third-order valence-electron chi connectivity index (χ3n) is 2.91. The standard InChI is InChI=1S/C16H17N3O3/c1-10-5-3-8-14(18-10)19-15(20)11(2)22-16(21)12-6-4-7-13(17)9-12/h3-9,11H,17H2,1-2H3,(H,18,19,20). The number of nitrogen functional groups attached to an aromatic ring is 1. The Morgan fingerprint density at radius 2 is 1.95 bits per heavy atom. The van der Waals surface area contributed by atoms with Crippen molar-refractivity contribution in [1.82, 2.24) is 4.98 Å². The molecule has 1 aromatic heterocycles. The zero-order chi connectivity index (χ0) is 16.1. The minimum Gasteiger partial charge on any atom is -0.449 e. The Bertz CT molecular complexity index is 701. The molecule has 0 aliphatic rings. The van der Waals surface area contributed by atoms with Gasteiger partial charge in [-0.25, -0.2) is 9.78 Å². The average Bonchev–Trinajstić information content (AvgIpc) is 2.47. The molecule has 114 valence electrons. The van der Waals surface area contributed by atoms with Crippen LogP contribution in [0, 0.1) is 6.92 Å². The largest absolute Gasteiger partial charge is 0.449 e. The van der Waals surface area contributed by atoms with Gasteiger partial charge in [-0.3, -0.25) is 4.79 Å². The topological polar surface area (TPSA) is 94.3 Å². The number of carbonyl (C=O) groups is 2. The fourth-order valence-electron chi connectivity index (χ4n) is 1.79. The lowest BCUT2D eigenvalue weighted by Gasteiger charge is -2.13. The van der Waals surface area contributed by atoms with E-state index in [1.54, 1.807) is 30.3 Å². The zero-order valence-corrected chi connectivity index (χ0v) is 12.4. The van der Waals surface area contributed by atoms with Crippen molar-refractivity contribution in [2.45, 2.75) is 20.0 Å². The lowest BCUT2D eigenvalue weighted by atomic mass is 10.2. The number of carbonyl (C=O) groups excluding carboxylic acids is 2. The average molecular weight is 299 g/mol. The van der Waals surface area contributed by atoms with Crippen LogP contribution in [0.15, 0.2) is 42.5 Å². The van der Waals surface area contributed by atoms with Gasteiger partial charge in [0.1, 0.15) is 5.82 Å². The van der Waals surface area contributed by atoms with E-state index in [1.807, 2.05) is 13.0 Å². The van der Waals surface area contributed by atoms with Crippen LogP contribution in [0.2, 0.25) is 0 Å². The number of anilines is 2. The first kappa shape index (κ1) is 15.5. The van der Waals surface area contributed by atoms with Crippen molar-refractivity contribution in [3.63, 3.8) is 0 Å². The van der Waals surface area contributed by atoms with Gasteiger partial charge in [0.2, 0.25) is 0 Å². The molecule has 0 saturated heterocycles. The van der Waals surface area contributed by atoms with Crippen LogP contribution in [0.1, 0.15) is 23.0 Å². The van der Waals surface area contributed by atoms with E-state index in [1.165, 1.54) is 13.0 Å². The monoisotopic (exact) mass is 299 g/mol. The summed E-state index contributed by atoms with van der Waals surface area (Å²) in [6, 6.07) is 11.6. The number of pyridine rings is 1. The second-order valence-corrected chi connectivity index (χ2v) is 4.83. The highest BCUT2D eigenvalue weighted by Gasteiger charge is 2.19. The molecule has 1 heterocycles. The highest BCUT2D eigenvalue weighted by molar-refractivity contribution is 5.97. The van der Waals surface area contributed by atoms with E-state index in [-0.39, 0.29) is 0 Å². The molecular weight excluding hydrogens is 282 g/mol. The molecule has 0 fully saturated rings. The van der Waals surface area contributed by atoms with Crippen LogP contribution in [-0.2, 0) is 9.53 Å². The van der Waals surface area contributed by atoms with Crippen LogP contribution in [-0.4, -0.2) is 23.0 Å². The molecule has 1 aromatic carbocycles. The third-order valence-corrected chi connectivity index (χ3v) is 2.91. The smallest absolute Gasteiger partial charge is 0.338 e. The van der Waals surface area contributed by atoms with Gasteiger partial charge in [0.15, 0.2) is 6.10 Å². The van der Waals surface area contributed by atoms with Crippen molar-refractivity contribution in [3.05, 3.63) is 53.7 Å². The predicted octanol–water partition coefficient (Wildman–Crippen LogP) is 2.16. The zero-order valence-electron chi connectivity index (χ0n) is 12.4. The number of aromatic nitrogens is 1. The molecule has 0 radical (unpaired) electrons. The van der Waals surface area contributed by atoms with Crippen LogP contribution in [0.3, 0.4) is 0 Å². The van der Waals surface area contributed by atoms with Crippen LogP contribution >= 0.6 is 0 Å². The molecule has 1 amide bonds. The molecule has 6 heteroatoms. The number of rotatable bonds is 4.